The number of nitrogens with one attached hydrogen (secondary N) is 1. The molecule has 0 aromatic heterocycles. The van der Waals surface area contributed by atoms with Crippen molar-refractivity contribution in [2.45, 2.75) is 0 Å². The minimum Gasteiger partial charge on any atom is -0.481 e. The Kier molecular flexibility index (Phi) is 5.57. The van der Waals surface area contributed by atoms with Crippen LogP contribution in [0.5, 0.6) is 0 Å². The Morgan fingerprint density at radius 1 is 1.22 bits per heavy atom. The van der Waals surface area contributed by atoms with Gasteiger partial charge in [0.05, 0.1) is 5.75 Å². The molecule has 0 unspecified atom stereocenters. The van der Waals surface area contributed by atoms with Gasteiger partial charge >= 0.3 is 5.97 Å². The molecule has 2 N–H and O–H groups in total. The van der Waals surface area contributed by atoms with Crippen molar-refractivity contribution < 1.29 is 23.5 Å². The molecule has 0 aliphatic rings. The van der Waals surface area contributed by atoms with Crippen molar-refractivity contribution in [2.24, 2.45) is 0 Å². The van der Waals surface area contributed by atoms with Gasteiger partial charge in [0.15, 0.2) is 0 Å². The molecule has 1 aromatic carbocycles. The van der Waals surface area contributed by atoms with Crippen LogP contribution in [0, 0.1) is 11.6 Å². The van der Waals surface area contributed by atoms with Gasteiger partial charge in [-0.05, 0) is 12.1 Å². The van der Waals surface area contributed by atoms with Crippen LogP contribution in [0.3, 0.4) is 0 Å². The number of carbonyl (C=O) groups is 2. The maximum atomic E-state index is 12.8. The van der Waals surface area contributed by atoms with Crippen LogP contribution in [0.4, 0.5) is 8.78 Å². The fourth-order valence-electron chi connectivity index (χ4n) is 1.18. The van der Waals surface area contributed by atoms with E-state index in [9.17, 15) is 18.4 Å². The number of rotatable bonds is 6. The molecule has 0 atom stereocenters. The highest BCUT2D eigenvalue weighted by Crippen LogP contribution is 2.07. The average molecular weight is 275 g/mol. The van der Waals surface area contributed by atoms with Crippen LogP contribution in [0.1, 0.15) is 10.4 Å². The smallest absolute Gasteiger partial charge is 0.313 e. The zero-order chi connectivity index (χ0) is 13.5. The number of halogens is 2. The SMILES string of the molecule is O=C(O)CSCCNC(=O)c1cc(F)cc(F)c1. The molecule has 7 heteroatoms. The van der Waals surface area contributed by atoms with Crippen LogP contribution in [0.2, 0.25) is 0 Å². The minimum atomic E-state index is -0.932. The molecule has 1 amide bonds. The second-order valence-electron chi connectivity index (χ2n) is 3.36. The predicted octanol–water partition coefficient (Wildman–Crippen LogP) is 1.51. The Hall–Kier alpha value is -1.63. The number of aliphatic carboxylic acids is 1. The Morgan fingerprint density at radius 2 is 1.83 bits per heavy atom. The Balaban J connectivity index is 2.38. The Morgan fingerprint density at radius 3 is 2.39 bits per heavy atom. The number of carboxylic acids is 1. The van der Waals surface area contributed by atoms with Crippen LogP contribution in [-0.4, -0.2) is 35.0 Å². The molecule has 1 rings (SSSR count). The zero-order valence-corrected chi connectivity index (χ0v) is 10.1. The van der Waals surface area contributed by atoms with E-state index < -0.39 is 23.5 Å². The lowest BCUT2D eigenvalue weighted by molar-refractivity contribution is -0.133. The molecule has 0 aliphatic carbocycles. The quantitative estimate of drug-likeness (QED) is 0.772. The van der Waals surface area contributed by atoms with Gasteiger partial charge in [-0.15, -0.1) is 11.8 Å². The number of carbonyl (C=O) groups excluding carboxylic acids is 1. The summed E-state index contributed by atoms with van der Waals surface area (Å²) in [6.45, 7) is 0.231. The number of hydrogen-bond acceptors (Lipinski definition) is 3. The van der Waals surface area contributed by atoms with Crippen molar-refractivity contribution in [1.29, 1.82) is 0 Å². The standard InChI is InChI=1S/C11H11F2NO3S/c12-8-3-7(4-9(13)5-8)11(17)14-1-2-18-6-10(15)16/h3-5H,1-2,6H2,(H,14,17)(H,15,16). The summed E-state index contributed by atoms with van der Waals surface area (Å²) < 4.78 is 25.7. The molecule has 18 heavy (non-hydrogen) atoms. The third-order valence-corrected chi connectivity index (χ3v) is 2.83. The van der Waals surface area contributed by atoms with Crippen molar-refractivity contribution in [3.05, 3.63) is 35.4 Å². The summed E-state index contributed by atoms with van der Waals surface area (Å²) in [6.07, 6.45) is 0. The maximum absolute atomic E-state index is 12.8. The van der Waals surface area contributed by atoms with Crippen molar-refractivity contribution in [3.8, 4) is 0 Å². The molecule has 0 aliphatic heterocycles. The first-order chi connectivity index (χ1) is 8.49. The summed E-state index contributed by atoms with van der Waals surface area (Å²) >= 11 is 1.14. The molecular formula is C11H11F2NO3S. The van der Waals surface area contributed by atoms with Crippen LogP contribution < -0.4 is 5.32 Å². The second kappa shape index (κ2) is 6.95. The molecule has 0 radical (unpaired) electrons. The summed E-state index contributed by atoms with van der Waals surface area (Å²) in [5, 5.41) is 10.8. The molecular weight excluding hydrogens is 264 g/mol. The van der Waals surface area contributed by atoms with E-state index in [1.165, 1.54) is 0 Å². The minimum absolute atomic E-state index is 0.0511. The molecule has 0 saturated carbocycles. The third-order valence-electron chi connectivity index (χ3n) is 1.88. The predicted molar refractivity (Wildman–Crippen MR) is 63.7 cm³/mol. The first-order valence-corrected chi connectivity index (χ1v) is 6.18. The van der Waals surface area contributed by atoms with Gasteiger partial charge in [0, 0.05) is 23.9 Å². The number of thioether (sulfide) groups is 1. The van der Waals surface area contributed by atoms with E-state index in [0.717, 1.165) is 23.9 Å². The lowest BCUT2D eigenvalue weighted by Gasteiger charge is -2.04. The molecule has 4 nitrogen and oxygen atoms in total. The number of carboxylic acid groups (broad SMARTS) is 1. The normalized spacial score (nSPS) is 10.1. The number of benzene rings is 1. The molecule has 0 saturated heterocycles. The fourth-order valence-corrected chi connectivity index (χ4v) is 1.75. The molecule has 0 fully saturated rings. The van der Waals surface area contributed by atoms with Crippen LogP contribution in [0.25, 0.3) is 0 Å². The number of hydrogen-bond donors (Lipinski definition) is 2. The molecule has 0 heterocycles. The maximum Gasteiger partial charge on any atom is 0.313 e. The topological polar surface area (TPSA) is 66.4 Å². The van der Waals surface area contributed by atoms with Gasteiger partial charge < -0.3 is 10.4 Å². The summed E-state index contributed by atoms with van der Waals surface area (Å²) in [7, 11) is 0. The lowest BCUT2D eigenvalue weighted by Crippen LogP contribution is -2.26. The van der Waals surface area contributed by atoms with Gasteiger partial charge in [0.2, 0.25) is 0 Å². The van der Waals surface area contributed by atoms with E-state index >= 15 is 0 Å². The first-order valence-electron chi connectivity index (χ1n) is 5.03. The summed E-state index contributed by atoms with van der Waals surface area (Å²) in [6, 6.07) is 2.55. The van der Waals surface area contributed by atoms with E-state index in [1.807, 2.05) is 0 Å². The lowest BCUT2D eigenvalue weighted by atomic mass is 10.2. The van der Waals surface area contributed by atoms with Crippen molar-refractivity contribution >= 4 is 23.6 Å². The Bertz CT molecular complexity index is 434. The molecule has 98 valence electrons. The average Bonchev–Trinajstić information content (AvgIpc) is 2.26. The van der Waals surface area contributed by atoms with Gasteiger partial charge in [-0.1, -0.05) is 0 Å². The van der Waals surface area contributed by atoms with Gasteiger partial charge in [-0.2, -0.15) is 0 Å². The van der Waals surface area contributed by atoms with E-state index in [1.54, 1.807) is 0 Å². The monoisotopic (exact) mass is 275 g/mol. The van der Waals surface area contributed by atoms with E-state index in [-0.39, 0.29) is 17.9 Å². The highest BCUT2D eigenvalue weighted by molar-refractivity contribution is 7.99. The third kappa shape index (κ3) is 5.13. The van der Waals surface area contributed by atoms with E-state index in [4.69, 9.17) is 5.11 Å². The van der Waals surface area contributed by atoms with Crippen molar-refractivity contribution in [1.82, 2.24) is 5.32 Å². The Labute approximate surface area is 106 Å². The second-order valence-corrected chi connectivity index (χ2v) is 4.47. The largest absolute Gasteiger partial charge is 0.481 e. The van der Waals surface area contributed by atoms with Gasteiger partial charge in [0.1, 0.15) is 11.6 Å². The molecule has 1 aromatic rings. The van der Waals surface area contributed by atoms with Crippen molar-refractivity contribution in [3.63, 3.8) is 0 Å². The fraction of sp³-hybridized carbons (Fsp3) is 0.273. The van der Waals surface area contributed by atoms with Crippen LogP contribution in [0.15, 0.2) is 18.2 Å². The highest BCUT2D eigenvalue weighted by atomic mass is 32.2. The molecule has 0 bridgehead atoms. The van der Waals surface area contributed by atoms with Gasteiger partial charge in [-0.25, -0.2) is 8.78 Å². The summed E-state index contributed by atoms with van der Waals surface area (Å²) in [5.74, 6) is -2.80. The van der Waals surface area contributed by atoms with Gasteiger partial charge in [-0.3, -0.25) is 9.59 Å². The molecule has 0 spiro atoms. The van der Waals surface area contributed by atoms with Gasteiger partial charge in [0.25, 0.3) is 5.91 Å². The zero-order valence-electron chi connectivity index (χ0n) is 9.28. The highest BCUT2D eigenvalue weighted by Gasteiger charge is 2.08. The van der Waals surface area contributed by atoms with Crippen molar-refractivity contribution in [2.75, 3.05) is 18.1 Å². The summed E-state index contributed by atoms with van der Waals surface area (Å²) in [4.78, 5) is 21.7. The van der Waals surface area contributed by atoms with E-state index in [2.05, 4.69) is 5.32 Å². The van der Waals surface area contributed by atoms with E-state index in [0.29, 0.717) is 11.8 Å². The first kappa shape index (κ1) is 14.4. The van der Waals surface area contributed by atoms with Crippen LogP contribution >= 0.6 is 11.8 Å². The van der Waals surface area contributed by atoms with Crippen LogP contribution in [-0.2, 0) is 4.79 Å². The summed E-state index contributed by atoms with van der Waals surface area (Å²) in [5.41, 5.74) is -0.101. The number of amides is 1.